The van der Waals surface area contributed by atoms with Gasteiger partial charge in [0, 0.05) is 30.4 Å². The fourth-order valence-electron chi connectivity index (χ4n) is 5.08. The van der Waals surface area contributed by atoms with E-state index in [1.165, 1.54) is 0 Å². The summed E-state index contributed by atoms with van der Waals surface area (Å²) in [5, 5.41) is 10.9. The molecule has 2 heterocycles. The van der Waals surface area contributed by atoms with E-state index < -0.39 is 17.8 Å². The van der Waals surface area contributed by atoms with Gasteiger partial charge in [0.05, 0.1) is 30.7 Å². The molecule has 1 unspecified atom stereocenters. The molecule has 0 bridgehead atoms. The van der Waals surface area contributed by atoms with Crippen LogP contribution in [0.4, 0.5) is 0 Å². The molecule has 0 saturated carbocycles. The summed E-state index contributed by atoms with van der Waals surface area (Å²) < 4.78 is 16.5. The highest BCUT2D eigenvalue weighted by molar-refractivity contribution is 6.30. The number of allylic oxidation sites excluding steroid dienone is 1. The molecule has 2 aromatic carbocycles. The lowest BCUT2D eigenvalue weighted by Gasteiger charge is -2.40. The second-order valence-corrected chi connectivity index (χ2v) is 9.65. The lowest BCUT2D eigenvalue weighted by molar-refractivity contribution is -0.139. The number of amides is 1. The Balaban J connectivity index is 1.69. The van der Waals surface area contributed by atoms with E-state index in [0.29, 0.717) is 49.3 Å². The number of carboxylic acids is 1. The van der Waals surface area contributed by atoms with Crippen LogP contribution in [0.15, 0.2) is 59.8 Å². The van der Waals surface area contributed by atoms with E-state index in [9.17, 15) is 14.7 Å². The largest absolute Gasteiger partial charge is 0.491 e. The Bertz CT molecular complexity index is 1090. The van der Waals surface area contributed by atoms with Gasteiger partial charge in [0.2, 0.25) is 5.91 Å². The van der Waals surface area contributed by atoms with E-state index in [-0.39, 0.29) is 17.6 Å². The predicted molar refractivity (Wildman–Crippen MR) is 136 cm³/mol. The van der Waals surface area contributed by atoms with Crippen LogP contribution in [-0.4, -0.2) is 61.5 Å². The minimum Gasteiger partial charge on any atom is -0.491 e. The number of ether oxygens (including phenoxy) is 3. The molecule has 3 atom stereocenters. The van der Waals surface area contributed by atoms with Crippen LogP contribution in [0.2, 0.25) is 5.02 Å². The molecule has 1 saturated heterocycles. The van der Waals surface area contributed by atoms with E-state index in [2.05, 4.69) is 0 Å². The standard InChI is InChI=1S/C28H32ClNO6/c1-18-25(28(32)33)26(20-7-9-21(29)10-8-20)24(27(31)30(18)17-23-4-3-13-35-23)16-19-5-11-22(12-6-19)36-15-14-34-2/h5-12,23-24,26H,3-4,13-17H2,1-2H3,(H,32,33)/t23-,24?,26-/m1/s1. The van der Waals surface area contributed by atoms with E-state index in [0.717, 1.165) is 24.0 Å². The molecule has 0 aromatic heterocycles. The van der Waals surface area contributed by atoms with Crippen molar-refractivity contribution < 1.29 is 28.9 Å². The van der Waals surface area contributed by atoms with Gasteiger partial charge in [0.15, 0.2) is 0 Å². The molecule has 1 N–H and O–H groups in total. The van der Waals surface area contributed by atoms with Gasteiger partial charge in [0.1, 0.15) is 12.4 Å². The van der Waals surface area contributed by atoms with Crippen LogP contribution in [0, 0.1) is 5.92 Å². The molecule has 0 spiro atoms. The van der Waals surface area contributed by atoms with Gasteiger partial charge in [-0.3, -0.25) is 4.79 Å². The maximum atomic E-state index is 14.0. The summed E-state index contributed by atoms with van der Waals surface area (Å²) in [5.41, 5.74) is 2.39. The van der Waals surface area contributed by atoms with Crippen LogP contribution in [0.3, 0.4) is 0 Å². The Morgan fingerprint density at radius 1 is 1.14 bits per heavy atom. The zero-order valence-corrected chi connectivity index (χ0v) is 21.4. The Morgan fingerprint density at radius 2 is 1.86 bits per heavy atom. The van der Waals surface area contributed by atoms with Crippen LogP contribution in [0.5, 0.6) is 5.75 Å². The van der Waals surface area contributed by atoms with E-state index in [4.69, 9.17) is 25.8 Å². The maximum absolute atomic E-state index is 14.0. The topological polar surface area (TPSA) is 85.3 Å². The summed E-state index contributed by atoms with van der Waals surface area (Å²) in [5.74, 6) is -1.60. The van der Waals surface area contributed by atoms with Gasteiger partial charge >= 0.3 is 5.97 Å². The molecule has 192 valence electrons. The van der Waals surface area contributed by atoms with Crippen molar-refractivity contribution in [2.45, 2.75) is 38.2 Å². The van der Waals surface area contributed by atoms with Crippen LogP contribution in [0.1, 0.15) is 36.8 Å². The third kappa shape index (κ3) is 5.91. The van der Waals surface area contributed by atoms with Crippen LogP contribution >= 0.6 is 11.6 Å². The SMILES string of the molecule is COCCOc1ccc(CC2C(=O)N(C[C@H]3CCCO3)C(C)=C(C(=O)O)[C@@H]2c2ccc(Cl)cc2)cc1. The number of carbonyl (C=O) groups is 2. The molecule has 0 aliphatic carbocycles. The zero-order chi connectivity index (χ0) is 25.7. The summed E-state index contributed by atoms with van der Waals surface area (Å²) in [7, 11) is 1.62. The van der Waals surface area contributed by atoms with Gasteiger partial charge in [-0.2, -0.15) is 0 Å². The van der Waals surface area contributed by atoms with Crippen molar-refractivity contribution in [3.8, 4) is 5.75 Å². The zero-order valence-electron chi connectivity index (χ0n) is 20.6. The average molecular weight is 514 g/mol. The first-order valence-electron chi connectivity index (χ1n) is 12.2. The van der Waals surface area contributed by atoms with Crippen molar-refractivity contribution in [3.63, 3.8) is 0 Å². The highest BCUT2D eigenvalue weighted by atomic mass is 35.5. The van der Waals surface area contributed by atoms with Crippen molar-refractivity contribution in [1.82, 2.24) is 4.90 Å². The minimum atomic E-state index is -1.02. The molecule has 1 fully saturated rings. The lowest BCUT2D eigenvalue weighted by Crippen LogP contribution is -2.47. The number of benzene rings is 2. The second-order valence-electron chi connectivity index (χ2n) is 9.21. The Kier molecular flexibility index (Phi) is 8.67. The van der Waals surface area contributed by atoms with Crippen LogP contribution in [-0.2, 0) is 25.5 Å². The first kappa shape index (κ1) is 26.2. The number of carbonyl (C=O) groups excluding carboxylic acids is 1. The molecule has 2 aliphatic heterocycles. The molecule has 7 nitrogen and oxygen atoms in total. The molecule has 2 aromatic rings. The van der Waals surface area contributed by atoms with Crippen molar-refractivity contribution in [3.05, 3.63) is 76.0 Å². The summed E-state index contributed by atoms with van der Waals surface area (Å²) in [6, 6.07) is 14.7. The molecular formula is C28H32ClNO6. The molecule has 0 radical (unpaired) electrons. The lowest BCUT2D eigenvalue weighted by atomic mass is 9.73. The fourth-order valence-corrected chi connectivity index (χ4v) is 5.21. The van der Waals surface area contributed by atoms with E-state index >= 15 is 0 Å². The van der Waals surface area contributed by atoms with Gasteiger partial charge in [-0.1, -0.05) is 35.9 Å². The number of halogens is 1. The monoisotopic (exact) mass is 513 g/mol. The van der Waals surface area contributed by atoms with Gasteiger partial charge in [-0.25, -0.2) is 4.79 Å². The number of nitrogens with zero attached hydrogens (tertiary/aromatic N) is 1. The van der Waals surface area contributed by atoms with Gasteiger partial charge in [-0.05, 0) is 61.6 Å². The highest BCUT2D eigenvalue weighted by Crippen LogP contribution is 2.42. The quantitative estimate of drug-likeness (QED) is 0.464. The number of hydrogen-bond donors (Lipinski definition) is 1. The Labute approximate surface area is 216 Å². The van der Waals surface area contributed by atoms with Crippen molar-refractivity contribution in [1.29, 1.82) is 0 Å². The number of hydrogen-bond acceptors (Lipinski definition) is 5. The first-order chi connectivity index (χ1) is 17.4. The summed E-state index contributed by atoms with van der Waals surface area (Å²) in [6.45, 7) is 3.68. The predicted octanol–water partition coefficient (Wildman–Crippen LogP) is 4.69. The summed E-state index contributed by atoms with van der Waals surface area (Å²) >= 11 is 6.11. The number of methoxy groups -OCH3 is 1. The number of aliphatic carboxylic acids is 1. The maximum Gasteiger partial charge on any atom is 0.333 e. The minimum absolute atomic E-state index is 0.0878. The first-order valence-corrected chi connectivity index (χ1v) is 12.6. The molecule has 8 heteroatoms. The molecule has 1 amide bonds. The Morgan fingerprint density at radius 3 is 2.47 bits per heavy atom. The highest BCUT2D eigenvalue weighted by Gasteiger charge is 2.44. The van der Waals surface area contributed by atoms with Crippen molar-refractivity contribution >= 4 is 23.5 Å². The normalized spacial score (nSPS) is 22.2. The molecular weight excluding hydrogens is 482 g/mol. The third-order valence-electron chi connectivity index (χ3n) is 6.90. The third-order valence-corrected chi connectivity index (χ3v) is 7.15. The van der Waals surface area contributed by atoms with Crippen LogP contribution < -0.4 is 4.74 Å². The summed E-state index contributed by atoms with van der Waals surface area (Å²) in [6.07, 6.45) is 2.10. The molecule has 36 heavy (non-hydrogen) atoms. The van der Waals surface area contributed by atoms with E-state index in [1.807, 2.05) is 36.4 Å². The molecule has 4 rings (SSSR count). The smallest absolute Gasteiger partial charge is 0.333 e. The van der Waals surface area contributed by atoms with Gasteiger partial charge < -0.3 is 24.2 Å². The van der Waals surface area contributed by atoms with Crippen molar-refractivity contribution in [2.24, 2.45) is 5.92 Å². The van der Waals surface area contributed by atoms with Gasteiger partial charge in [0.25, 0.3) is 0 Å². The Hall–Kier alpha value is -2.87. The number of rotatable bonds is 10. The number of carboxylic acid groups (broad SMARTS) is 1. The van der Waals surface area contributed by atoms with Crippen LogP contribution in [0.25, 0.3) is 0 Å². The van der Waals surface area contributed by atoms with E-state index in [1.54, 1.807) is 31.1 Å². The van der Waals surface area contributed by atoms with Gasteiger partial charge in [-0.15, -0.1) is 0 Å². The second kappa shape index (κ2) is 11.9. The molecule has 2 aliphatic rings. The summed E-state index contributed by atoms with van der Waals surface area (Å²) in [4.78, 5) is 28.2. The average Bonchev–Trinajstić information content (AvgIpc) is 3.38. The van der Waals surface area contributed by atoms with Crippen molar-refractivity contribution in [2.75, 3.05) is 33.5 Å². The fraction of sp³-hybridized carbons (Fsp3) is 0.429.